The first-order valence-electron chi connectivity index (χ1n) is 6.80. The first kappa shape index (κ1) is 17.6. The number of aliphatic hydroxyl groups is 1. The molecule has 1 aromatic carbocycles. The van der Waals surface area contributed by atoms with Gasteiger partial charge in [-0.15, -0.1) is 0 Å². The van der Waals surface area contributed by atoms with Crippen LogP contribution in [0.5, 0.6) is 5.75 Å². The summed E-state index contributed by atoms with van der Waals surface area (Å²) in [6, 6.07) is 4.80. The van der Waals surface area contributed by atoms with E-state index in [9.17, 15) is 9.90 Å². The van der Waals surface area contributed by atoms with E-state index in [2.05, 4.69) is 10.6 Å². The first-order valence-corrected chi connectivity index (χ1v) is 7.18. The van der Waals surface area contributed by atoms with Crippen LogP contribution >= 0.6 is 11.6 Å². The number of hydrogen-bond acceptors (Lipinski definition) is 3. The molecule has 0 fully saturated rings. The summed E-state index contributed by atoms with van der Waals surface area (Å²) in [5.41, 5.74) is 0.319. The molecular weight excluding hydrogens is 292 g/mol. The van der Waals surface area contributed by atoms with Gasteiger partial charge in [-0.3, -0.25) is 0 Å². The molecule has 6 heteroatoms. The van der Waals surface area contributed by atoms with Gasteiger partial charge in [-0.1, -0.05) is 31.5 Å². The van der Waals surface area contributed by atoms with E-state index in [-0.39, 0.29) is 11.4 Å². The Morgan fingerprint density at radius 1 is 1.48 bits per heavy atom. The summed E-state index contributed by atoms with van der Waals surface area (Å²) >= 11 is 6.00. The smallest absolute Gasteiger partial charge is 0.319 e. The highest BCUT2D eigenvalue weighted by molar-refractivity contribution is 6.32. The van der Waals surface area contributed by atoms with Gasteiger partial charge in [0.1, 0.15) is 0 Å². The zero-order chi connectivity index (χ0) is 16.0. The second-order valence-corrected chi connectivity index (χ2v) is 6.25. The van der Waals surface area contributed by atoms with Gasteiger partial charge in [0.05, 0.1) is 23.9 Å². The Labute approximate surface area is 130 Å². The van der Waals surface area contributed by atoms with Gasteiger partial charge >= 0.3 is 6.03 Å². The highest BCUT2D eigenvalue weighted by Gasteiger charge is 2.21. The number of carbonyl (C=O) groups excluding carboxylic acids is 1. The molecular formula is C15H23ClN2O3. The predicted molar refractivity (Wildman–Crippen MR) is 85.1 cm³/mol. The number of para-hydroxylation sites is 1. The Morgan fingerprint density at radius 3 is 2.71 bits per heavy atom. The minimum absolute atomic E-state index is 0.191. The van der Waals surface area contributed by atoms with Crippen LogP contribution in [0.4, 0.5) is 10.5 Å². The van der Waals surface area contributed by atoms with E-state index in [1.54, 1.807) is 25.1 Å². The highest BCUT2D eigenvalue weighted by atomic mass is 35.5. The molecule has 0 spiro atoms. The molecule has 0 aliphatic rings. The maximum atomic E-state index is 11.9. The van der Waals surface area contributed by atoms with Crippen molar-refractivity contribution in [1.82, 2.24) is 5.32 Å². The Bertz CT molecular complexity index is 490. The number of halogens is 1. The van der Waals surface area contributed by atoms with Gasteiger partial charge in [0.25, 0.3) is 0 Å². The Hall–Kier alpha value is -1.46. The summed E-state index contributed by atoms with van der Waals surface area (Å²) in [5, 5.41) is 15.4. The summed E-state index contributed by atoms with van der Waals surface area (Å²) in [4.78, 5) is 11.9. The topological polar surface area (TPSA) is 70.6 Å². The molecule has 1 rings (SSSR count). The molecule has 1 atom stereocenters. The van der Waals surface area contributed by atoms with E-state index in [4.69, 9.17) is 16.3 Å². The van der Waals surface area contributed by atoms with Gasteiger partial charge in [-0.05, 0) is 30.9 Å². The molecule has 0 aliphatic carbocycles. The van der Waals surface area contributed by atoms with E-state index in [0.717, 1.165) is 0 Å². The van der Waals surface area contributed by atoms with Crippen molar-refractivity contribution in [2.75, 3.05) is 19.0 Å². The standard InChI is InChI=1S/C15H23ClN2O3/c1-10(19)8-15(2,3)9-17-14(20)18-12-7-5-6-11(16)13(12)21-4/h5-7,10,19H,8-9H2,1-4H3,(H2,17,18,20)/t10-/m1/s1. The fourth-order valence-electron chi connectivity index (χ4n) is 2.17. The minimum atomic E-state index is -0.405. The van der Waals surface area contributed by atoms with E-state index < -0.39 is 6.10 Å². The van der Waals surface area contributed by atoms with Gasteiger partial charge in [0, 0.05) is 6.54 Å². The lowest BCUT2D eigenvalue weighted by molar-refractivity contribution is 0.129. The molecule has 0 saturated carbocycles. The third-order valence-electron chi connectivity index (χ3n) is 2.99. The number of amides is 2. The minimum Gasteiger partial charge on any atom is -0.493 e. The van der Waals surface area contributed by atoms with E-state index in [1.165, 1.54) is 7.11 Å². The lowest BCUT2D eigenvalue weighted by atomic mass is 9.87. The van der Waals surface area contributed by atoms with Crippen molar-refractivity contribution in [2.24, 2.45) is 5.41 Å². The van der Waals surface area contributed by atoms with Gasteiger partial charge in [0.2, 0.25) is 0 Å². The number of hydrogen-bond donors (Lipinski definition) is 3. The lowest BCUT2D eigenvalue weighted by Gasteiger charge is -2.26. The number of methoxy groups -OCH3 is 1. The quantitative estimate of drug-likeness (QED) is 0.754. The average Bonchev–Trinajstić information content (AvgIpc) is 2.35. The van der Waals surface area contributed by atoms with Crippen molar-refractivity contribution in [3.63, 3.8) is 0 Å². The Balaban J connectivity index is 2.61. The molecule has 0 saturated heterocycles. The number of rotatable bonds is 6. The predicted octanol–water partition coefficient (Wildman–Crippen LogP) is 3.27. The summed E-state index contributed by atoms with van der Waals surface area (Å²) < 4.78 is 5.17. The van der Waals surface area contributed by atoms with Crippen LogP contribution in [-0.4, -0.2) is 30.9 Å². The Kier molecular flexibility index (Phi) is 6.30. The number of aliphatic hydroxyl groups excluding tert-OH is 1. The largest absolute Gasteiger partial charge is 0.493 e. The molecule has 0 aliphatic heterocycles. The second kappa shape index (κ2) is 7.52. The highest BCUT2D eigenvalue weighted by Crippen LogP contribution is 2.32. The fourth-order valence-corrected chi connectivity index (χ4v) is 2.42. The molecule has 0 radical (unpaired) electrons. The molecule has 0 bridgehead atoms. The summed E-state index contributed by atoms with van der Waals surface area (Å²) in [7, 11) is 1.50. The summed E-state index contributed by atoms with van der Waals surface area (Å²) in [6.45, 7) is 6.16. The molecule has 2 amide bonds. The summed E-state index contributed by atoms with van der Waals surface area (Å²) in [5.74, 6) is 0.428. The van der Waals surface area contributed by atoms with E-state index in [1.807, 2.05) is 13.8 Å². The number of carbonyl (C=O) groups is 1. The first-order chi connectivity index (χ1) is 9.75. The van der Waals surface area contributed by atoms with Crippen molar-refractivity contribution in [2.45, 2.75) is 33.3 Å². The number of urea groups is 1. The molecule has 21 heavy (non-hydrogen) atoms. The van der Waals surface area contributed by atoms with Crippen molar-refractivity contribution < 1.29 is 14.6 Å². The van der Waals surface area contributed by atoms with Crippen LogP contribution in [-0.2, 0) is 0 Å². The zero-order valence-corrected chi connectivity index (χ0v) is 13.6. The van der Waals surface area contributed by atoms with Crippen molar-refractivity contribution in [3.05, 3.63) is 23.2 Å². The molecule has 0 heterocycles. The molecule has 118 valence electrons. The number of anilines is 1. The second-order valence-electron chi connectivity index (χ2n) is 5.85. The normalized spacial score (nSPS) is 12.7. The fraction of sp³-hybridized carbons (Fsp3) is 0.533. The van der Waals surface area contributed by atoms with Crippen molar-refractivity contribution in [3.8, 4) is 5.75 Å². The monoisotopic (exact) mass is 314 g/mol. The SMILES string of the molecule is COc1c(Cl)cccc1NC(=O)NCC(C)(C)C[C@@H](C)O. The third kappa shape index (κ3) is 5.81. The maximum absolute atomic E-state index is 11.9. The Morgan fingerprint density at radius 2 is 2.14 bits per heavy atom. The third-order valence-corrected chi connectivity index (χ3v) is 3.29. The van der Waals surface area contributed by atoms with Crippen molar-refractivity contribution >= 4 is 23.3 Å². The summed E-state index contributed by atoms with van der Waals surface area (Å²) in [6.07, 6.45) is 0.200. The molecule has 0 aromatic heterocycles. The van der Waals surface area contributed by atoms with Crippen LogP contribution in [0.25, 0.3) is 0 Å². The van der Waals surface area contributed by atoms with Crippen LogP contribution in [0.1, 0.15) is 27.2 Å². The molecule has 3 N–H and O–H groups in total. The van der Waals surface area contributed by atoms with Crippen LogP contribution in [0, 0.1) is 5.41 Å². The van der Waals surface area contributed by atoms with Crippen LogP contribution in [0.3, 0.4) is 0 Å². The lowest BCUT2D eigenvalue weighted by Crippen LogP contribution is -2.38. The zero-order valence-electron chi connectivity index (χ0n) is 12.9. The van der Waals surface area contributed by atoms with Gasteiger partial charge in [0.15, 0.2) is 5.75 Å². The average molecular weight is 315 g/mol. The molecule has 1 aromatic rings. The van der Waals surface area contributed by atoms with Gasteiger partial charge in [-0.2, -0.15) is 0 Å². The van der Waals surface area contributed by atoms with Crippen LogP contribution in [0.15, 0.2) is 18.2 Å². The van der Waals surface area contributed by atoms with E-state index >= 15 is 0 Å². The van der Waals surface area contributed by atoms with Crippen LogP contribution < -0.4 is 15.4 Å². The van der Waals surface area contributed by atoms with Gasteiger partial charge in [-0.25, -0.2) is 4.79 Å². The molecule has 0 unspecified atom stereocenters. The van der Waals surface area contributed by atoms with Gasteiger partial charge < -0.3 is 20.5 Å². The number of benzene rings is 1. The van der Waals surface area contributed by atoms with Crippen molar-refractivity contribution in [1.29, 1.82) is 0 Å². The number of nitrogens with one attached hydrogen (secondary N) is 2. The maximum Gasteiger partial charge on any atom is 0.319 e. The van der Waals surface area contributed by atoms with E-state index in [0.29, 0.717) is 29.4 Å². The molecule has 5 nitrogen and oxygen atoms in total. The van der Waals surface area contributed by atoms with Crippen LogP contribution in [0.2, 0.25) is 5.02 Å². The number of ether oxygens (including phenoxy) is 1.